The largest absolute Gasteiger partial charge is 0.504 e. The van der Waals surface area contributed by atoms with Crippen LogP contribution in [0.3, 0.4) is 0 Å². The molecule has 0 bridgehead atoms. The van der Waals surface area contributed by atoms with Gasteiger partial charge in [-0.1, -0.05) is 0 Å². The maximum Gasteiger partial charge on any atom is 0.379 e. The van der Waals surface area contributed by atoms with Crippen molar-refractivity contribution in [2.24, 2.45) is 0 Å². The second kappa shape index (κ2) is 9.38. The van der Waals surface area contributed by atoms with E-state index in [0.29, 0.717) is 5.39 Å². The van der Waals surface area contributed by atoms with Crippen LogP contribution < -0.4 is 20.7 Å². The summed E-state index contributed by atoms with van der Waals surface area (Å²) >= 11 is 0. The van der Waals surface area contributed by atoms with Crippen LogP contribution in [0.4, 0.5) is 0 Å². The van der Waals surface area contributed by atoms with Crippen molar-refractivity contribution >= 4 is 21.9 Å². The van der Waals surface area contributed by atoms with E-state index in [4.69, 9.17) is 23.0 Å². The van der Waals surface area contributed by atoms with E-state index in [1.165, 1.54) is 24.3 Å². The molecule has 0 saturated carbocycles. The first-order chi connectivity index (χ1) is 17.7. The van der Waals surface area contributed by atoms with Gasteiger partial charge in [0.2, 0.25) is 23.5 Å². The Hall–Kier alpha value is -4.14. The Morgan fingerprint density at radius 2 is 1.62 bits per heavy atom. The van der Waals surface area contributed by atoms with Crippen LogP contribution in [0, 0.1) is 0 Å². The number of hydrogen-bond acceptors (Lipinski definition) is 13. The number of aliphatic hydroxyl groups is 4. The fourth-order valence-corrected chi connectivity index (χ4v) is 3.90. The first-order valence-corrected chi connectivity index (χ1v) is 10.9. The number of fused-ring (bicyclic) bond motifs is 2. The van der Waals surface area contributed by atoms with Crippen molar-refractivity contribution in [3.8, 4) is 28.7 Å². The van der Waals surface area contributed by atoms with Gasteiger partial charge in [-0.2, -0.15) is 0 Å². The lowest BCUT2D eigenvalue weighted by molar-refractivity contribution is -0.277. The number of ether oxygens (including phenoxy) is 3. The summed E-state index contributed by atoms with van der Waals surface area (Å²) in [7, 11) is 0. The molecular formula is C24H20O13. The molecule has 5 atom stereocenters. The van der Waals surface area contributed by atoms with Gasteiger partial charge in [0.25, 0.3) is 0 Å². The highest BCUT2D eigenvalue weighted by atomic mass is 16.7. The van der Waals surface area contributed by atoms with Gasteiger partial charge in [-0.25, -0.2) is 9.59 Å². The number of aliphatic hydroxyl groups excluding tert-OH is 4. The van der Waals surface area contributed by atoms with Gasteiger partial charge in [0.05, 0.1) is 6.61 Å². The minimum absolute atomic E-state index is 0.0260. The molecule has 1 aliphatic heterocycles. The molecule has 2 aromatic heterocycles. The summed E-state index contributed by atoms with van der Waals surface area (Å²) in [4.78, 5) is 24.0. The van der Waals surface area contributed by atoms with E-state index in [0.717, 1.165) is 6.07 Å². The summed E-state index contributed by atoms with van der Waals surface area (Å²) in [6, 6.07) is 9.61. The van der Waals surface area contributed by atoms with Crippen LogP contribution in [0.5, 0.6) is 28.7 Å². The van der Waals surface area contributed by atoms with Crippen LogP contribution in [0.15, 0.2) is 60.9 Å². The molecule has 0 aliphatic carbocycles. The number of hydrogen-bond donors (Lipinski definition) is 6. The summed E-state index contributed by atoms with van der Waals surface area (Å²) in [5.41, 5.74) is -1.76. The molecule has 6 N–H and O–H groups in total. The Labute approximate surface area is 205 Å². The predicted molar refractivity (Wildman–Crippen MR) is 123 cm³/mol. The van der Waals surface area contributed by atoms with Gasteiger partial charge in [-0.05, 0) is 30.3 Å². The van der Waals surface area contributed by atoms with Crippen LogP contribution in [0.2, 0.25) is 0 Å². The molecule has 13 nitrogen and oxygen atoms in total. The van der Waals surface area contributed by atoms with Crippen molar-refractivity contribution in [2.75, 3.05) is 6.61 Å². The monoisotopic (exact) mass is 516 g/mol. The van der Waals surface area contributed by atoms with Gasteiger partial charge >= 0.3 is 11.3 Å². The van der Waals surface area contributed by atoms with Crippen LogP contribution in [0.25, 0.3) is 21.9 Å². The number of aromatic hydroxyl groups is 2. The van der Waals surface area contributed by atoms with Crippen LogP contribution in [0.1, 0.15) is 0 Å². The molecule has 0 unspecified atom stereocenters. The summed E-state index contributed by atoms with van der Waals surface area (Å²) in [5.74, 6) is -2.31. The van der Waals surface area contributed by atoms with Crippen molar-refractivity contribution in [1.29, 1.82) is 0 Å². The summed E-state index contributed by atoms with van der Waals surface area (Å²) in [5, 5.41) is 61.0. The molecule has 194 valence electrons. The fourth-order valence-electron chi connectivity index (χ4n) is 3.90. The van der Waals surface area contributed by atoms with E-state index < -0.39 is 71.4 Å². The number of rotatable bonds is 5. The molecule has 3 heterocycles. The average molecular weight is 516 g/mol. The highest BCUT2D eigenvalue weighted by Gasteiger charge is 2.45. The van der Waals surface area contributed by atoms with E-state index in [2.05, 4.69) is 0 Å². The van der Waals surface area contributed by atoms with Crippen molar-refractivity contribution in [3.05, 3.63) is 63.3 Å². The number of phenols is 2. The second-order valence-corrected chi connectivity index (χ2v) is 8.26. The Morgan fingerprint density at radius 3 is 2.38 bits per heavy atom. The molecule has 0 spiro atoms. The maximum absolute atomic E-state index is 12.6. The molecule has 1 aliphatic rings. The first-order valence-electron chi connectivity index (χ1n) is 10.9. The third-order valence-corrected chi connectivity index (χ3v) is 5.80. The summed E-state index contributed by atoms with van der Waals surface area (Å²) in [6.45, 7) is -0.721. The van der Waals surface area contributed by atoms with Crippen LogP contribution in [-0.2, 0) is 4.74 Å². The third kappa shape index (κ3) is 4.45. The molecule has 2 aromatic carbocycles. The molecule has 37 heavy (non-hydrogen) atoms. The number of phenolic OH excluding ortho intramolecular Hbond substituents is 2. The van der Waals surface area contributed by atoms with Crippen LogP contribution in [-0.4, -0.2) is 68.0 Å². The molecule has 1 saturated heterocycles. The van der Waals surface area contributed by atoms with Crippen LogP contribution >= 0.6 is 0 Å². The summed E-state index contributed by atoms with van der Waals surface area (Å²) < 4.78 is 26.4. The van der Waals surface area contributed by atoms with Gasteiger partial charge < -0.3 is 53.7 Å². The number of benzene rings is 2. The SMILES string of the molecule is O=c1ccc2ccc(Oc3cc4cc(O)c(O[C@@H]5O[C@H](CO)[C@@H](O)[C@H](O)[C@H]5O)c(O)c4oc3=O)cc2o1. The first kappa shape index (κ1) is 24.5. The second-order valence-electron chi connectivity index (χ2n) is 8.26. The average Bonchev–Trinajstić information content (AvgIpc) is 2.87. The third-order valence-electron chi connectivity index (χ3n) is 5.80. The summed E-state index contributed by atoms with van der Waals surface area (Å²) in [6.07, 6.45) is -8.24. The van der Waals surface area contributed by atoms with Gasteiger partial charge in [0.1, 0.15) is 35.7 Å². The van der Waals surface area contributed by atoms with E-state index in [1.54, 1.807) is 12.1 Å². The van der Waals surface area contributed by atoms with Crippen molar-refractivity contribution < 1.29 is 53.7 Å². The van der Waals surface area contributed by atoms with E-state index in [1.807, 2.05) is 0 Å². The van der Waals surface area contributed by atoms with Gasteiger partial charge in [0.15, 0.2) is 11.3 Å². The lowest BCUT2D eigenvalue weighted by Gasteiger charge is -2.39. The standard InChI is InChI=1S/C24H20O13/c25-8-15-17(28)18(29)19(30)24(35-15)37-22-12(26)5-10-6-14(23(32)36-21(10)20(22)31)33-11-3-1-9-2-4-16(27)34-13(9)7-11/h1-7,15,17-19,24-26,28-31H,8H2/t15-,17-,18+,19-,24+/m1/s1. The lowest BCUT2D eigenvalue weighted by Crippen LogP contribution is -2.60. The van der Waals surface area contributed by atoms with Gasteiger partial charge in [0, 0.05) is 22.9 Å². The van der Waals surface area contributed by atoms with E-state index >= 15 is 0 Å². The highest BCUT2D eigenvalue weighted by Crippen LogP contribution is 2.44. The van der Waals surface area contributed by atoms with Gasteiger partial charge in [-0.15, -0.1) is 0 Å². The fraction of sp³-hybridized carbons (Fsp3) is 0.250. The molecule has 1 fully saturated rings. The zero-order valence-electron chi connectivity index (χ0n) is 18.7. The quantitative estimate of drug-likeness (QED) is 0.197. The Balaban J connectivity index is 1.47. The lowest BCUT2D eigenvalue weighted by atomic mass is 9.99. The Kier molecular flexibility index (Phi) is 6.23. The minimum Gasteiger partial charge on any atom is -0.504 e. The van der Waals surface area contributed by atoms with Crippen molar-refractivity contribution in [2.45, 2.75) is 30.7 Å². The zero-order chi connectivity index (χ0) is 26.4. The molecule has 0 amide bonds. The normalized spacial score (nSPS) is 23.8. The van der Waals surface area contributed by atoms with Gasteiger partial charge in [-0.3, -0.25) is 0 Å². The maximum atomic E-state index is 12.6. The predicted octanol–water partition coefficient (Wildman–Crippen LogP) is 0.282. The topological polar surface area (TPSA) is 209 Å². The van der Waals surface area contributed by atoms with Crippen molar-refractivity contribution in [1.82, 2.24) is 0 Å². The van der Waals surface area contributed by atoms with E-state index in [-0.39, 0.29) is 22.5 Å². The molecular weight excluding hydrogens is 496 g/mol. The molecule has 5 rings (SSSR count). The zero-order valence-corrected chi connectivity index (χ0v) is 18.7. The smallest absolute Gasteiger partial charge is 0.379 e. The molecule has 13 heteroatoms. The Bertz CT molecular complexity index is 1590. The minimum atomic E-state index is -1.82. The Morgan fingerprint density at radius 1 is 0.865 bits per heavy atom. The van der Waals surface area contributed by atoms with Crippen molar-refractivity contribution in [3.63, 3.8) is 0 Å². The molecule has 4 aromatic rings. The molecule has 0 radical (unpaired) electrons. The highest BCUT2D eigenvalue weighted by molar-refractivity contribution is 5.88. The van der Waals surface area contributed by atoms with E-state index in [9.17, 15) is 40.2 Å².